The number of amides is 1. The zero-order valence-electron chi connectivity index (χ0n) is 16.5. The zero-order chi connectivity index (χ0) is 19.8. The molecule has 2 fully saturated rings. The number of aromatic nitrogens is 1. The van der Waals surface area contributed by atoms with Crippen LogP contribution in [0.5, 0.6) is 0 Å². The van der Waals surface area contributed by atoms with Gasteiger partial charge in [0.2, 0.25) is 5.78 Å². The lowest BCUT2D eigenvalue weighted by molar-refractivity contribution is -0.145. The Labute approximate surface area is 172 Å². The van der Waals surface area contributed by atoms with Crippen molar-refractivity contribution in [3.8, 4) is 0 Å². The largest absolute Gasteiger partial charge is 0.485 e. The number of hydrogen-bond donors (Lipinski definition) is 0. The van der Waals surface area contributed by atoms with E-state index < -0.39 is 0 Å². The number of rotatable bonds is 8. The molecule has 1 unspecified atom stereocenters. The Kier molecular flexibility index (Phi) is 7.95. The summed E-state index contributed by atoms with van der Waals surface area (Å²) in [5.74, 6) is -0.241. The van der Waals surface area contributed by atoms with E-state index in [-0.39, 0.29) is 17.7 Å². The molecule has 2 aliphatic rings. The van der Waals surface area contributed by atoms with E-state index in [0.717, 1.165) is 38.5 Å². The number of hydrogen-bond acceptors (Lipinski definition) is 5. The minimum absolute atomic E-state index is 0.240. The molecule has 0 N–H and O–H groups in total. The monoisotopic (exact) mass is 402 g/mol. The van der Waals surface area contributed by atoms with Crippen LogP contribution in [0.2, 0.25) is 0 Å². The summed E-state index contributed by atoms with van der Waals surface area (Å²) in [5.41, 5.74) is 1.17. The Morgan fingerprint density at radius 2 is 2.00 bits per heavy atom. The van der Waals surface area contributed by atoms with Gasteiger partial charge in [0.1, 0.15) is 6.04 Å². The highest BCUT2D eigenvalue weighted by molar-refractivity contribution is 7.80. The van der Waals surface area contributed by atoms with Crippen LogP contribution in [0, 0.1) is 5.92 Å². The summed E-state index contributed by atoms with van der Waals surface area (Å²) in [4.78, 5) is 31.0. The molecular formula is C22H30N2O3S. The summed E-state index contributed by atoms with van der Waals surface area (Å²) in [7, 11) is 0. The van der Waals surface area contributed by atoms with Crippen LogP contribution in [0.3, 0.4) is 0 Å². The Morgan fingerprint density at radius 3 is 2.75 bits per heavy atom. The highest BCUT2D eigenvalue weighted by Gasteiger charge is 2.36. The molecule has 6 heteroatoms. The van der Waals surface area contributed by atoms with E-state index in [1.165, 1.54) is 24.8 Å². The molecular weight excluding hydrogens is 372 g/mol. The van der Waals surface area contributed by atoms with E-state index in [2.05, 4.69) is 4.98 Å². The molecule has 1 atom stereocenters. The molecule has 1 aliphatic carbocycles. The molecule has 1 saturated heterocycles. The van der Waals surface area contributed by atoms with Crippen molar-refractivity contribution >= 4 is 29.0 Å². The first-order valence-corrected chi connectivity index (χ1v) is 11.0. The third-order valence-electron chi connectivity index (χ3n) is 5.80. The second-order valence-corrected chi connectivity index (χ2v) is 8.32. The van der Waals surface area contributed by atoms with Crippen molar-refractivity contribution in [3.05, 3.63) is 30.1 Å². The molecule has 5 nitrogen and oxygen atoms in total. The van der Waals surface area contributed by atoms with E-state index in [0.29, 0.717) is 30.5 Å². The van der Waals surface area contributed by atoms with Gasteiger partial charge in [-0.2, -0.15) is 0 Å². The Balaban J connectivity index is 1.44. The molecule has 0 radical (unpaired) electrons. The number of pyridine rings is 1. The molecule has 0 spiro atoms. The average Bonchev–Trinajstić information content (AvgIpc) is 3.22. The van der Waals surface area contributed by atoms with Gasteiger partial charge in [-0.1, -0.05) is 38.2 Å². The summed E-state index contributed by atoms with van der Waals surface area (Å²) in [6, 6.07) is 3.73. The molecule has 1 aliphatic heterocycles. The maximum absolute atomic E-state index is 12.7. The summed E-state index contributed by atoms with van der Waals surface area (Å²) in [6.07, 6.45) is 13.1. The maximum atomic E-state index is 12.7. The lowest BCUT2D eigenvalue weighted by Gasteiger charge is -2.26. The van der Waals surface area contributed by atoms with E-state index in [1.54, 1.807) is 11.1 Å². The quantitative estimate of drug-likeness (QED) is 0.375. The van der Waals surface area contributed by atoms with Crippen LogP contribution >= 0.6 is 12.2 Å². The van der Waals surface area contributed by atoms with Crippen LogP contribution in [-0.4, -0.2) is 45.8 Å². The fraction of sp³-hybridized carbons (Fsp3) is 0.636. The summed E-state index contributed by atoms with van der Waals surface area (Å²) in [6.45, 7) is 1.11. The number of thiocarbonyl (C=S) groups is 1. The Hall–Kier alpha value is -1.82. The van der Waals surface area contributed by atoms with Crippen molar-refractivity contribution in [1.29, 1.82) is 0 Å². The predicted octanol–water partition coefficient (Wildman–Crippen LogP) is 3.89. The van der Waals surface area contributed by atoms with Gasteiger partial charge >= 0.3 is 0 Å². The number of likely N-dealkylation sites (tertiary alicyclic amines) is 1. The van der Waals surface area contributed by atoms with Gasteiger partial charge in [-0.3, -0.25) is 14.6 Å². The standard InChI is InChI=1S/C22H30N2O3S/c25-20(15-17-7-2-1-3-8-17)21(26)24-13-5-11-19(24)22(28)27-14-6-10-18-9-4-12-23-16-18/h4,9,12,16-17,19H,1-3,5-8,10-11,13-15H2. The number of ketones is 1. The number of Topliss-reactive ketones (excluding diaryl/α,β-unsaturated/α-hetero) is 1. The lowest BCUT2D eigenvalue weighted by Crippen LogP contribution is -2.44. The predicted molar refractivity (Wildman–Crippen MR) is 112 cm³/mol. The molecule has 1 aromatic heterocycles. The minimum atomic E-state index is -0.366. The third kappa shape index (κ3) is 5.84. The molecule has 152 valence electrons. The normalized spacial score (nSPS) is 20.1. The third-order valence-corrected chi connectivity index (χ3v) is 6.19. The Morgan fingerprint density at radius 1 is 1.18 bits per heavy atom. The first kappa shape index (κ1) is 20.9. The van der Waals surface area contributed by atoms with E-state index in [1.807, 2.05) is 18.3 Å². The SMILES string of the molecule is O=C(CC1CCCCC1)C(=O)N1CCCC1C(=S)OCCCc1cccnc1. The number of nitrogens with zero attached hydrogens (tertiary/aromatic N) is 2. The Bertz CT molecular complexity index is 674. The highest BCUT2D eigenvalue weighted by atomic mass is 32.1. The van der Waals surface area contributed by atoms with Crippen molar-refractivity contribution in [3.63, 3.8) is 0 Å². The molecule has 2 heterocycles. The minimum Gasteiger partial charge on any atom is -0.485 e. The van der Waals surface area contributed by atoms with Crippen molar-refractivity contribution in [2.24, 2.45) is 5.92 Å². The molecule has 0 aromatic carbocycles. The van der Waals surface area contributed by atoms with Crippen molar-refractivity contribution in [1.82, 2.24) is 9.88 Å². The van der Waals surface area contributed by atoms with Crippen LogP contribution in [-0.2, 0) is 20.7 Å². The molecule has 1 saturated carbocycles. The zero-order valence-corrected chi connectivity index (χ0v) is 17.3. The van der Waals surface area contributed by atoms with Gasteiger partial charge in [0, 0.05) is 25.4 Å². The van der Waals surface area contributed by atoms with Crippen molar-refractivity contribution in [2.45, 2.75) is 70.3 Å². The lowest BCUT2D eigenvalue weighted by atomic mass is 9.85. The van der Waals surface area contributed by atoms with Crippen LogP contribution < -0.4 is 0 Å². The fourth-order valence-corrected chi connectivity index (χ4v) is 4.58. The first-order valence-electron chi connectivity index (χ1n) is 10.5. The second-order valence-electron chi connectivity index (χ2n) is 7.92. The van der Waals surface area contributed by atoms with Gasteiger partial charge in [-0.25, -0.2) is 0 Å². The number of carbonyl (C=O) groups excluding carboxylic acids is 2. The number of ether oxygens (including phenoxy) is 1. The van der Waals surface area contributed by atoms with E-state index in [4.69, 9.17) is 17.0 Å². The highest BCUT2D eigenvalue weighted by Crippen LogP contribution is 2.27. The van der Waals surface area contributed by atoms with E-state index >= 15 is 0 Å². The first-order chi connectivity index (χ1) is 13.6. The summed E-state index contributed by atoms with van der Waals surface area (Å²) >= 11 is 5.45. The number of aryl methyl sites for hydroxylation is 1. The van der Waals surface area contributed by atoms with Crippen LogP contribution in [0.1, 0.15) is 63.4 Å². The number of carbonyl (C=O) groups is 2. The van der Waals surface area contributed by atoms with Gasteiger partial charge in [0.15, 0.2) is 5.05 Å². The fourth-order valence-electron chi connectivity index (χ4n) is 4.25. The van der Waals surface area contributed by atoms with E-state index in [9.17, 15) is 9.59 Å². The second kappa shape index (κ2) is 10.6. The van der Waals surface area contributed by atoms with Crippen LogP contribution in [0.4, 0.5) is 0 Å². The van der Waals surface area contributed by atoms with Gasteiger partial charge in [0.25, 0.3) is 5.91 Å². The van der Waals surface area contributed by atoms with Gasteiger partial charge < -0.3 is 9.64 Å². The average molecular weight is 403 g/mol. The topological polar surface area (TPSA) is 59.5 Å². The molecule has 1 amide bonds. The van der Waals surface area contributed by atoms with Gasteiger partial charge in [-0.15, -0.1) is 0 Å². The summed E-state index contributed by atoms with van der Waals surface area (Å²) < 4.78 is 5.76. The van der Waals surface area contributed by atoms with Crippen LogP contribution in [0.15, 0.2) is 24.5 Å². The molecule has 1 aromatic rings. The maximum Gasteiger partial charge on any atom is 0.290 e. The van der Waals surface area contributed by atoms with Crippen LogP contribution in [0.25, 0.3) is 0 Å². The van der Waals surface area contributed by atoms with Gasteiger partial charge in [-0.05, 0) is 55.4 Å². The van der Waals surface area contributed by atoms with Crippen molar-refractivity contribution < 1.29 is 14.3 Å². The smallest absolute Gasteiger partial charge is 0.290 e. The summed E-state index contributed by atoms with van der Waals surface area (Å²) in [5, 5.41) is 0.447. The van der Waals surface area contributed by atoms with Gasteiger partial charge in [0.05, 0.1) is 6.61 Å². The molecule has 3 rings (SSSR count). The molecule has 28 heavy (non-hydrogen) atoms. The molecule has 0 bridgehead atoms. The van der Waals surface area contributed by atoms with Crippen molar-refractivity contribution in [2.75, 3.05) is 13.2 Å².